The maximum Gasteiger partial charge on any atom is 0.187 e. The van der Waals surface area contributed by atoms with Crippen LogP contribution >= 0.6 is 0 Å². The molecule has 3 aliphatic rings. The predicted molar refractivity (Wildman–Crippen MR) is 123 cm³/mol. The Hall–Kier alpha value is -1.00. The zero-order valence-electron chi connectivity index (χ0n) is 21.0. The molecule has 0 spiro atoms. The zero-order valence-corrected chi connectivity index (χ0v) is 21.0. The smallest absolute Gasteiger partial charge is 0.187 e. The van der Waals surface area contributed by atoms with Crippen LogP contribution in [-0.4, -0.2) is 127 Å². The van der Waals surface area contributed by atoms with Crippen LogP contribution in [0.15, 0.2) is 23.8 Å². The van der Waals surface area contributed by atoms with Crippen molar-refractivity contribution in [3.63, 3.8) is 0 Å². The third-order valence-corrected chi connectivity index (χ3v) is 7.42. The minimum atomic E-state index is -1.89. The molecule has 36 heavy (non-hydrogen) atoms. The lowest BCUT2D eigenvalue weighted by atomic mass is 9.64. The van der Waals surface area contributed by atoms with Crippen LogP contribution in [0.1, 0.15) is 34.1 Å². The minimum Gasteiger partial charge on any atom is -0.393 e. The fraction of sp³-hybridized carbons (Fsp3) is 0.833. The Labute approximate surface area is 210 Å². The van der Waals surface area contributed by atoms with E-state index in [9.17, 15) is 40.9 Å². The molecule has 0 amide bonds. The molecule has 0 unspecified atom stereocenters. The third-order valence-electron chi connectivity index (χ3n) is 7.42. The highest BCUT2D eigenvalue weighted by atomic mass is 16.7. The highest BCUT2D eigenvalue weighted by Gasteiger charge is 2.50. The van der Waals surface area contributed by atoms with Gasteiger partial charge in [0.15, 0.2) is 12.6 Å². The molecule has 2 saturated heterocycles. The summed E-state index contributed by atoms with van der Waals surface area (Å²) in [5.41, 5.74) is -3.31. The van der Waals surface area contributed by atoms with Gasteiger partial charge in [0.1, 0.15) is 41.7 Å². The number of aliphatic hydroxyl groups is 8. The molecule has 8 N–H and O–H groups in total. The summed E-state index contributed by atoms with van der Waals surface area (Å²) in [6, 6.07) is 0. The van der Waals surface area contributed by atoms with E-state index in [-0.39, 0.29) is 6.61 Å². The fourth-order valence-electron chi connectivity index (χ4n) is 4.87. The molecule has 12 heteroatoms. The molecule has 0 aromatic carbocycles. The Kier molecular flexibility index (Phi) is 9.04. The van der Waals surface area contributed by atoms with Crippen molar-refractivity contribution in [2.24, 2.45) is 5.41 Å². The summed E-state index contributed by atoms with van der Waals surface area (Å²) in [5, 5.41) is 81.7. The molecule has 11 atom stereocenters. The van der Waals surface area contributed by atoms with Gasteiger partial charge in [-0.3, -0.25) is 0 Å². The van der Waals surface area contributed by atoms with Gasteiger partial charge in [-0.25, -0.2) is 0 Å². The maximum atomic E-state index is 11.3. The standard InChI is InChI=1S/C24H40O12/c1-12-7-14(26)8-22(3,4)24(12,32)6-5-13(2)35-20-18(29)17(28)16(27)15(36-20)9-33-21-19(30)23(31,10-25)11-34-21/h5-7,13-21,25-32H,8-11H2,1-4H3/b6-5+/t13-,14-,15-,16-,17+,18-,19+,20-,21-,23-,24-/m1/s1. The molecule has 0 aromatic rings. The molecule has 0 radical (unpaired) electrons. The molecule has 208 valence electrons. The first-order chi connectivity index (χ1) is 16.6. The van der Waals surface area contributed by atoms with Crippen molar-refractivity contribution < 1.29 is 59.8 Å². The lowest BCUT2D eigenvalue weighted by Crippen LogP contribution is -2.60. The second-order valence-electron chi connectivity index (χ2n) is 10.7. The Bertz CT molecular complexity index is 817. The van der Waals surface area contributed by atoms with Crippen molar-refractivity contribution in [2.75, 3.05) is 19.8 Å². The van der Waals surface area contributed by atoms with Gasteiger partial charge < -0.3 is 59.8 Å². The normalized spacial score (nSPS) is 46.2. The van der Waals surface area contributed by atoms with E-state index in [1.165, 1.54) is 0 Å². The molecule has 3 rings (SSSR count). The van der Waals surface area contributed by atoms with Crippen LogP contribution in [0.4, 0.5) is 0 Å². The monoisotopic (exact) mass is 520 g/mol. The van der Waals surface area contributed by atoms with E-state index in [4.69, 9.17) is 18.9 Å². The zero-order chi connectivity index (χ0) is 27.1. The Morgan fingerprint density at radius 2 is 1.75 bits per heavy atom. The average molecular weight is 521 g/mol. The summed E-state index contributed by atoms with van der Waals surface area (Å²) in [6.07, 6.45) is -6.45. The van der Waals surface area contributed by atoms with Gasteiger partial charge in [0.05, 0.1) is 32.0 Å². The van der Waals surface area contributed by atoms with E-state index in [0.717, 1.165) is 0 Å². The topological polar surface area (TPSA) is 199 Å². The summed E-state index contributed by atoms with van der Waals surface area (Å²) in [6.45, 7) is 5.54. The third kappa shape index (κ3) is 5.70. The molecule has 0 saturated carbocycles. The molecular formula is C24H40O12. The first-order valence-corrected chi connectivity index (χ1v) is 12.0. The molecule has 2 heterocycles. The van der Waals surface area contributed by atoms with Crippen LogP contribution in [0.3, 0.4) is 0 Å². The molecule has 0 aromatic heterocycles. The maximum absolute atomic E-state index is 11.3. The fourth-order valence-corrected chi connectivity index (χ4v) is 4.87. The van der Waals surface area contributed by atoms with E-state index >= 15 is 0 Å². The first-order valence-electron chi connectivity index (χ1n) is 12.0. The van der Waals surface area contributed by atoms with Crippen molar-refractivity contribution in [3.8, 4) is 0 Å². The summed E-state index contributed by atoms with van der Waals surface area (Å²) in [7, 11) is 0. The Morgan fingerprint density at radius 3 is 2.33 bits per heavy atom. The van der Waals surface area contributed by atoms with E-state index in [1.807, 2.05) is 13.8 Å². The lowest BCUT2D eigenvalue weighted by Gasteiger charge is -2.46. The van der Waals surface area contributed by atoms with Crippen molar-refractivity contribution in [2.45, 2.75) is 101 Å². The van der Waals surface area contributed by atoms with Crippen LogP contribution in [0, 0.1) is 5.41 Å². The van der Waals surface area contributed by atoms with E-state index in [2.05, 4.69) is 0 Å². The van der Waals surface area contributed by atoms with Crippen molar-refractivity contribution in [1.82, 2.24) is 0 Å². The first kappa shape index (κ1) is 29.6. The van der Waals surface area contributed by atoms with Crippen LogP contribution in [-0.2, 0) is 18.9 Å². The second kappa shape index (κ2) is 11.0. The largest absolute Gasteiger partial charge is 0.393 e. The molecule has 1 aliphatic carbocycles. The van der Waals surface area contributed by atoms with Crippen molar-refractivity contribution in [3.05, 3.63) is 23.8 Å². The molecule has 2 aliphatic heterocycles. The van der Waals surface area contributed by atoms with Crippen LogP contribution < -0.4 is 0 Å². The van der Waals surface area contributed by atoms with Gasteiger partial charge in [0, 0.05) is 5.41 Å². The van der Waals surface area contributed by atoms with Crippen LogP contribution in [0.2, 0.25) is 0 Å². The van der Waals surface area contributed by atoms with E-state index in [0.29, 0.717) is 12.0 Å². The quantitative estimate of drug-likeness (QED) is 0.159. The van der Waals surface area contributed by atoms with Gasteiger partial charge in [-0.1, -0.05) is 26.0 Å². The summed E-state index contributed by atoms with van der Waals surface area (Å²) in [5.74, 6) is 0. The Morgan fingerprint density at radius 1 is 1.08 bits per heavy atom. The second-order valence-corrected chi connectivity index (χ2v) is 10.7. The minimum absolute atomic E-state index is 0.353. The van der Waals surface area contributed by atoms with Gasteiger partial charge in [0.25, 0.3) is 0 Å². The van der Waals surface area contributed by atoms with E-state index < -0.39 is 85.1 Å². The Balaban J connectivity index is 1.63. The van der Waals surface area contributed by atoms with Crippen LogP contribution in [0.25, 0.3) is 0 Å². The highest BCUT2D eigenvalue weighted by molar-refractivity contribution is 5.32. The van der Waals surface area contributed by atoms with Crippen molar-refractivity contribution >= 4 is 0 Å². The number of hydrogen-bond donors (Lipinski definition) is 8. The summed E-state index contributed by atoms with van der Waals surface area (Å²) >= 11 is 0. The average Bonchev–Trinajstić information content (AvgIpc) is 3.09. The van der Waals surface area contributed by atoms with Crippen molar-refractivity contribution in [1.29, 1.82) is 0 Å². The summed E-state index contributed by atoms with van der Waals surface area (Å²) in [4.78, 5) is 0. The number of ether oxygens (including phenoxy) is 4. The van der Waals surface area contributed by atoms with Gasteiger partial charge in [-0.2, -0.15) is 0 Å². The molecule has 2 fully saturated rings. The molecular weight excluding hydrogens is 480 g/mol. The molecule has 12 nitrogen and oxygen atoms in total. The number of rotatable bonds is 8. The molecule has 0 bridgehead atoms. The van der Waals surface area contributed by atoms with Gasteiger partial charge >= 0.3 is 0 Å². The highest BCUT2D eigenvalue weighted by Crippen LogP contribution is 2.45. The van der Waals surface area contributed by atoms with Gasteiger partial charge in [-0.05, 0) is 31.9 Å². The lowest BCUT2D eigenvalue weighted by molar-refractivity contribution is -0.314. The van der Waals surface area contributed by atoms with E-state index in [1.54, 1.807) is 32.1 Å². The van der Waals surface area contributed by atoms with Gasteiger partial charge in [0.2, 0.25) is 0 Å². The van der Waals surface area contributed by atoms with Crippen LogP contribution in [0.5, 0.6) is 0 Å². The van der Waals surface area contributed by atoms with Gasteiger partial charge in [-0.15, -0.1) is 0 Å². The number of hydrogen-bond acceptors (Lipinski definition) is 12. The summed E-state index contributed by atoms with van der Waals surface area (Å²) < 4.78 is 21.9. The predicted octanol–water partition coefficient (Wildman–Crippen LogP) is -2.32. The SMILES string of the molecule is CC1=C[C@@H](O)CC(C)(C)[C@@]1(O)/C=C/[C@@H](C)O[C@@H]1O[C@H](CO[C@@H]2OC[C@](O)(CO)[C@H]2O)[C@@H](O)[C@H](O)[C@H]1O. The number of aliphatic hydroxyl groups excluding tert-OH is 6.